The summed E-state index contributed by atoms with van der Waals surface area (Å²) in [6, 6.07) is 0. The zero-order valence-electron chi connectivity index (χ0n) is 13.0. The molecule has 1 rings (SSSR count). The van der Waals surface area contributed by atoms with Gasteiger partial charge < -0.3 is 11.1 Å². The molecule has 0 radical (unpaired) electrons. The van der Waals surface area contributed by atoms with E-state index >= 15 is 0 Å². The maximum absolute atomic E-state index is 11.8. The average molecular weight is 268 g/mol. The molecule has 0 aromatic rings. The number of amides is 1. The van der Waals surface area contributed by atoms with Gasteiger partial charge in [0.1, 0.15) is 0 Å². The van der Waals surface area contributed by atoms with Crippen molar-refractivity contribution in [2.45, 2.75) is 65.7 Å². The molecule has 0 saturated heterocycles. The van der Waals surface area contributed by atoms with Gasteiger partial charge in [-0.2, -0.15) is 0 Å². The predicted molar refractivity (Wildman–Crippen MR) is 80.8 cm³/mol. The zero-order chi connectivity index (χ0) is 14.3. The van der Waals surface area contributed by atoms with Crippen molar-refractivity contribution >= 4 is 5.91 Å². The van der Waals surface area contributed by atoms with Gasteiger partial charge in [0.15, 0.2) is 0 Å². The zero-order valence-corrected chi connectivity index (χ0v) is 13.0. The largest absolute Gasteiger partial charge is 0.356 e. The van der Waals surface area contributed by atoms with E-state index in [9.17, 15) is 4.79 Å². The van der Waals surface area contributed by atoms with Crippen molar-refractivity contribution in [3.8, 4) is 0 Å². The second-order valence-corrected chi connectivity index (χ2v) is 7.11. The maximum Gasteiger partial charge on any atom is 0.220 e. The maximum atomic E-state index is 11.8. The summed E-state index contributed by atoms with van der Waals surface area (Å²) in [6.45, 7) is 8.29. The molecule has 112 valence electrons. The van der Waals surface area contributed by atoms with E-state index in [2.05, 4.69) is 26.1 Å². The molecule has 3 heteroatoms. The second kappa shape index (κ2) is 7.88. The number of nitrogens with two attached hydrogens (primary N) is 1. The highest BCUT2D eigenvalue weighted by Crippen LogP contribution is 2.32. The number of hydrogen-bond donors (Lipinski definition) is 2. The number of nitrogens with one attached hydrogen (secondary N) is 1. The van der Waals surface area contributed by atoms with Gasteiger partial charge in [-0.1, -0.05) is 40.0 Å². The first kappa shape index (κ1) is 16.5. The van der Waals surface area contributed by atoms with Crippen molar-refractivity contribution in [2.75, 3.05) is 13.1 Å². The van der Waals surface area contributed by atoms with Gasteiger partial charge in [0.05, 0.1) is 0 Å². The Morgan fingerprint density at radius 2 is 2.00 bits per heavy atom. The van der Waals surface area contributed by atoms with E-state index in [0.717, 1.165) is 31.7 Å². The number of carbonyl (C=O) groups is 1. The van der Waals surface area contributed by atoms with E-state index in [0.29, 0.717) is 18.9 Å². The molecular weight excluding hydrogens is 236 g/mol. The van der Waals surface area contributed by atoms with Crippen molar-refractivity contribution < 1.29 is 4.79 Å². The first-order chi connectivity index (χ1) is 8.93. The summed E-state index contributed by atoms with van der Waals surface area (Å²) in [4.78, 5) is 11.8. The molecule has 1 atom stereocenters. The van der Waals surface area contributed by atoms with Crippen LogP contribution in [-0.2, 0) is 4.79 Å². The van der Waals surface area contributed by atoms with Gasteiger partial charge in [-0.25, -0.2) is 0 Å². The molecule has 3 nitrogen and oxygen atoms in total. The lowest BCUT2D eigenvalue weighted by atomic mass is 9.76. The SMILES string of the molecule is CC(C)(C)C(CCN)CCC(=O)NCCC1CCC1. The standard InChI is InChI=1S/C16H32N2O/c1-16(2,3)14(9-11-17)7-8-15(19)18-12-10-13-5-4-6-13/h13-14H,4-12,17H2,1-3H3,(H,18,19). The summed E-state index contributed by atoms with van der Waals surface area (Å²) < 4.78 is 0. The minimum Gasteiger partial charge on any atom is -0.356 e. The summed E-state index contributed by atoms with van der Waals surface area (Å²) >= 11 is 0. The highest BCUT2D eigenvalue weighted by Gasteiger charge is 2.24. The van der Waals surface area contributed by atoms with E-state index in [1.165, 1.54) is 19.3 Å². The van der Waals surface area contributed by atoms with Crippen LogP contribution in [0.15, 0.2) is 0 Å². The molecule has 1 aliphatic rings. The van der Waals surface area contributed by atoms with Crippen LogP contribution in [-0.4, -0.2) is 19.0 Å². The normalized spacial score (nSPS) is 17.9. The lowest BCUT2D eigenvalue weighted by Gasteiger charge is -2.30. The van der Waals surface area contributed by atoms with Gasteiger partial charge in [0.2, 0.25) is 5.91 Å². The topological polar surface area (TPSA) is 55.1 Å². The van der Waals surface area contributed by atoms with Crippen LogP contribution < -0.4 is 11.1 Å². The van der Waals surface area contributed by atoms with Crippen molar-refractivity contribution in [1.29, 1.82) is 0 Å². The summed E-state index contributed by atoms with van der Waals surface area (Å²) in [7, 11) is 0. The van der Waals surface area contributed by atoms with Crippen LogP contribution in [0.1, 0.15) is 65.7 Å². The highest BCUT2D eigenvalue weighted by atomic mass is 16.1. The molecule has 1 unspecified atom stereocenters. The predicted octanol–water partition coefficient (Wildman–Crippen LogP) is 3.08. The third-order valence-corrected chi connectivity index (χ3v) is 4.56. The Morgan fingerprint density at radius 1 is 1.32 bits per heavy atom. The molecule has 1 amide bonds. The van der Waals surface area contributed by atoms with Crippen LogP contribution in [0.25, 0.3) is 0 Å². The lowest BCUT2D eigenvalue weighted by molar-refractivity contribution is -0.121. The Labute approximate surface area is 118 Å². The Balaban J connectivity index is 2.15. The van der Waals surface area contributed by atoms with Crippen LogP contribution in [0.5, 0.6) is 0 Å². The molecule has 0 aliphatic heterocycles. The molecular formula is C16H32N2O. The van der Waals surface area contributed by atoms with Gasteiger partial charge in [0, 0.05) is 13.0 Å². The molecule has 0 aromatic heterocycles. The van der Waals surface area contributed by atoms with E-state index in [1.807, 2.05) is 0 Å². The molecule has 0 spiro atoms. The number of rotatable bonds is 8. The first-order valence-corrected chi connectivity index (χ1v) is 7.90. The van der Waals surface area contributed by atoms with Crippen LogP contribution >= 0.6 is 0 Å². The second-order valence-electron chi connectivity index (χ2n) is 7.11. The van der Waals surface area contributed by atoms with Crippen molar-refractivity contribution in [3.63, 3.8) is 0 Å². The molecule has 1 saturated carbocycles. The minimum absolute atomic E-state index is 0.214. The van der Waals surface area contributed by atoms with E-state index < -0.39 is 0 Å². The van der Waals surface area contributed by atoms with Gasteiger partial charge in [-0.05, 0) is 43.1 Å². The quantitative estimate of drug-likeness (QED) is 0.711. The first-order valence-electron chi connectivity index (χ1n) is 7.90. The molecule has 0 aromatic carbocycles. The molecule has 0 heterocycles. The van der Waals surface area contributed by atoms with Crippen molar-refractivity contribution in [2.24, 2.45) is 23.0 Å². The monoisotopic (exact) mass is 268 g/mol. The van der Waals surface area contributed by atoms with Gasteiger partial charge in [-0.15, -0.1) is 0 Å². The minimum atomic E-state index is 0.214. The van der Waals surface area contributed by atoms with Crippen LogP contribution in [0, 0.1) is 17.3 Å². The fourth-order valence-corrected chi connectivity index (χ4v) is 2.80. The van der Waals surface area contributed by atoms with E-state index in [4.69, 9.17) is 5.73 Å². The summed E-state index contributed by atoms with van der Waals surface area (Å²) in [6.07, 6.45) is 7.88. The fraction of sp³-hybridized carbons (Fsp3) is 0.938. The molecule has 0 bridgehead atoms. The lowest BCUT2D eigenvalue weighted by Crippen LogP contribution is -2.29. The molecule has 1 aliphatic carbocycles. The number of hydrogen-bond acceptors (Lipinski definition) is 2. The number of carbonyl (C=O) groups excluding carboxylic acids is 1. The van der Waals surface area contributed by atoms with Gasteiger partial charge in [-0.3, -0.25) is 4.79 Å². The Hall–Kier alpha value is -0.570. The fourth-order valence-electron chi connectivity index (χ4n) is 2.80. The van der Waals surface area contributed by atoms with Gasteiger partial charge >= 0.3 is 0 Å². The Bertz CT molecular complexity index is 266. The average Bonchev–Trinajstić information content (AvgIpc) is 2.26. The smallest absolute Gasteiger partial charge is 0.220 e. The van der Waals surface area contributed by atoms with Gasteiger partial charge in [0.25, 0.3) is 0 Å². The van der Waals surface area contributed by atoms with Crippen LogP contribution in [0.4, 0.5) is 0 Å². The molecule has 3 N–H and O–H groups in total. The van der Waals surface area contributed by atoms with E-state index in [1.54, 1.807) is 0 Å². The molecule has 19 heavy (non-hydrogen) atoms. The van der Waals surface area contributed by atoms with Crippen molar-refractivity contribution in [1.82, 2.24) is 5.32 Å². The summed E-state index contributed by atoms with van der Waals surface area (Å²) in [5, 5.41) is 3.06. The molecule has 1 fully saturated rings. The van der Waals surface area contributed by atoms with Crippen molar-refractivity contribution in [3.05, 3.63) is 0 Å². The third kappa shape index (κ3) is 6.42. The summed E-state index contributed by atoms with van der Waals surface area (Å²) in [5.41, 5.74) is 5.91. The van der Waals surface area contributed by atoms with Crippen LogP contribution in [0.2, 0.25) is 0 Å². The van der Waals surface area contributed by atoms with Crippen LogP contribution in [0.3, 0.4) is 0 Å². The summed E-state index contributed by atoms with van der Waals surface area (Å²) in [5.74, 6) is 1.63. The Kier molecular flexibility index (Phi) is 6.84. The highest BCUT2D eigenvalue weighted by molar-refractivity contribution is 5.75. The van der Waals surface area contributed by atoms with E-state index in [-0.39, 0.29) is 11.3 Å². The third-order valence-electron chi connectivity index (χ3n) is 4.56. The Morgan fingerprint density at radius 3 is 2.47 bits per heavy atom.